The molecule has 1 aromatic rings. The molecule has 18 heavy (non-hydrogen) atoms. The zero-order valence-electron chi connectivity index (χ0n) is 10.5. The fraction of sp³-hybridized carbons (Fsp3) is 0.714. The van der Waals surface area contributed by atoms with Crippen molar-refractivity contribution < 1.29 is 0 Å². The number of hydrogen-bond donors (Lipinski definition) is 2. The first-order valence-corrected chi connectivity index (χ1v) is 7.09. The van der Waals surface area contributed by atoms with Gasteiger partial charge in [0.15, 0.2) is 0 Å². The van der Waals surface area contributed by atoms with Gasteiger partial charge in [-0.1, -0.05) is 0 Å². The van der Waals surface area contributed by atoms with Crippen LogP contribution in [0.2, 0.25) is 0 Å². The van der Waals surface area contributed by atoms with Crippen molar-refractivity contribution in [3.8, 4) is 0 Å². The molecule has 4 aliphatic carbocycles. The van der Waals surface area contributed by atoms with E-state index in [-0.39, 0.29) is 0 Å². The Morgan fingerprint density at radius 1 is 0.889 bits per heavy atom. The lowest BCUT2D eigenvalue weighted by Crippen LogP contribution is -2.44. The summed E-state index contributed by atoms with van der Waals surface area (Å²) in [4.78, 5) is 8.46. The Morgan fingerprint density at radius 3 is 2.06 bits per heavy atom. The van der Waals surface area contributed by atoms with Gasteiger partial charge in [-0.2, -0.15) is 4.98 Å². The lowest BCUT2D eigenvalue weighted by Gasteiger charge is -2.54. The molecule has 0 saturated heterocycles. The van der Waals surface area contributed by atoms with E-state index in [1.807, 2.05) is 6.07 Å². The highest BCUT2D eigenvalue weighted by atomic mass is 15.0. The van der Waals surface area contributed by atoms with Crippen LogP contribution in [0.5, 0.6) is 0 Å². The lowest BCUT2D eigenvalue weighted by molar-refractivity contribution is -0.00411. The average molecular weight is 244 g/mol. The molecule has 0 spiro atoms. The number of rotatable bonds is 1. The predicted octanol–water partition coefficient (Wildman–Crippen LogP) is 2.18. The van der Waals surface area contributed by atoms with Crippen LogP contribution in [-0.2, 0) is 0 Å². The summed E-state index contributed by atoms with van der Waals surface area (Å²) in [6, 6.07) is 1.95. The maximum absolute atomic E-state index is 5.82. The Kier molecular flexibility index (Phi) is 2.11. The van der Waals surface area contributed by atoms with Crippen molar-refractivity contribution in [3.05, 3.63) is 11.8 Å². The second-order valence-electron chi connectivity index (χ2n) is 6.53. The molecule has 4 aliphatic rings. The largest absolute Gasteiger partial charge is 0.384 e. The molecule has 1 aromatic heterocycles. The first kappa shape index (κ1) is 10.6. The van der Waals surface area contributed by atoms with E-state index in [1.165, 1.54) is 32.1 Å². The van der Waals surface area contributed by atoms with Crippen molar-refractivity contribution in [1.82, 2.24) is 9.97 Å². The monoisotopic (exact) mass is 244 g/mol. The minimum atomic E-state index is 0.332. The number of hydrogen-bond acceptors (Lipinski definition) is 4. The van der Waals surface area contributed by atoms with E-state index in [0.29, 0.717) is 17.7 Å². The van der Waals surface area contributed by atoms with Crippen LogP contribution in [-0.4, -0.2) is 9.97 Å². The number of aromatic nitrogens is 2. The van der Waals surface area contributed by atoms with Crippen LogP contribution in [0.15, 0.2) is 6.07 Å². The maximum Gasteiger partial charge on any atom is 0.222 e. The van der Waals surface area contributed by atoms with Crippen molar-refractivity contribution >= 4 is 11.8 Å². The average Bonchev–Trinajstić information content (AvgIpc) is 2.25. The Morgan fingerprint density at radius 2 is 1.50 bits per heavy atom. The first-order valence-electron chi connectivity index (χ1n) is 7.09. The van der Waals surface area contributed by atoms with E-state index >= 15 is 0 Å². The van der Waals surface area contributed by atoms with Gasteiger partial charge in [-0.3, -0.25) is 0 Å². The molecule has 4 heteroatoms. The normalized spacial score (nSPS) is 41.2. The van der Waals surface area contributed by atoms with Crippen LogP contribution >= 0.6 is 0 Å². The molecule has 0 amide bonds. The third kappa shape index (κ3) is 1.51. The molecule has 1 heterocycles. The zero-order valence-corrected chi connectivity index (χ0v) is 10.5. The van der Waals surface area contributed by atoms with Gasteiger partial charge >= 0.3 is 0 Å². The summed E-state index contributed by atoms with van der Waals surface area (Å²) in [5, 5.41) is 0. The van der Waals surface area contributed by atoms with Gasteiger partial charge in [0.25, 0.3) is 0 Å². The van der Waals surface area contributed by atoms with Crippen molar-refractivity contribution in [2.75, 3.05) is 11.5 Å². The van der Waals surface area contributed by atoms with Gasteiger partial charge in [-0.25, -0.2) is 4.98 Å². The van der Waals surface area contributed by atoms with Crippen LogP contribution in [0.4, 0.5) is 11.8 Å². The second kappa shape index (κ2) is 3.59. The van der Waals surface area contributed by atoms with Crippen molar-refractivity contribution in [1.29, 1.82) is 0 Å². The van der Waals surface area contributed by atoms with Gasteiger partial charge in [-0.05, 0) is 55.8 Å². The fourth-order valence-corrected chi connectivity index (χ4v) is 5.08. The Bertz CT molecular complexity index is 436. The van der Waals surface area contributed by atoms with Crippen LogP contribution in [0, 0.1) is 23.7 Å². The fourth-order valence-electron chi connectivity index (χ4n) is 5.08. The molecule has 0 aromatic carbocycles. The van der Waals surface area contributed by atoms with Crippen LogP contribution in [0.25, 0.3) is 0 Å². The molecule has 4 saturated carbocycles. The molecular formula is C14H20N4. The molecule has 0 aliphatic heterocycles. The summed E-state index contributed by atoms with van der Waals surface area (Å²) >= 11 is 0. The van der Waals surface area contributed by atoms with Crippen LogP contribution in [0.3, 0.4) is 0 Å². The van der Waals surface area contributed by atoms with Gasteiger partial charge in [0.2, 0.25) is 5.95 Å². The number of nitrogen functional groups attached to an aromatic ring is 2. The van der Waals surface area contributed by atoms with Gasteiger partial charge in [0.05, 0.1) is 5.69 Å². The topological polar surface area (TPSA) is 77.8 Å². The molecule has 0 radical (unpaired) electrons. The number of anilines is 2. The predicted molar refractivity (Wildman–Crippen MR) is 70.6 cm³/mol. The molecule has 4 nitrogen and oxygen atoms in total. The van der Waals surface area contributed by atoms with Crippen LogP contribution in [0.1, 0.15) is 43.7 Å². The van der Waals surface area contributed by atoms with Gasteiger partial charge in [0.1, 0.15) is 5.82 Å². The van der Waals surface area contributed by atoms with Crippen molar-refractivity contribution in [2.24, 2.45) is 23.7 Å². The summed E-state index contributed by atoms with van der Waals surface area (Å²) in [7, 11) is 0. The minimum absolute atomic E-state index is 0.332. The first-order chi connectivity index (χ1) is 8.69. The van der Waals surface area contributed by atoms with Crippen LogP contribution < -0.4 is 11.5 Å². The summed E-state index contributed by atoms with van der Waals surface area (Å²) in [5.74, 6) is 5.04. The summed E-state index contributed by atoms with van der Waals surface area (Å²) < 4.78 is 0. The molecule has 5 rings (SSSR count). The number of nitrogens with zero attached hydrogens (tertiary/aromatic N) is 2. The van der Waals surface area contributed by atoms with E-state index in [0.717, 1.165) is 29.4 Å². The van der Waals surface area contributed by atoms with Crippen molar-refractivity contribution in [3.63, 3.8) is 0 Å². The van der Waals surface area contributed by atoms with E-state index in [2.05, 4.69) is 9.97 Å². The SMILES string of the molecule is Nc1cc(C2C3CC4CC(C3)CC2C4)nc(N)n1. The molecule has 0 unspecified atom stereocenters. The Hall–Kier alpha value is -1.32. The summed E-state index contributed by atoms with van der Waals surface area (Å²) in [6.07, 6.45) is 7.04. The Labute approximate surface area is 107 Å². The highest BCUT2D eigenvalue weighted by molar-refractivity contribution is 5.37. The quantitative estimate of drug-likeness (QED) is 0.793. The third-order valence-corrected chi connectivity index (χ3v) is 5.35. The molecule has 96 valence electrons. The molecular weight excluding hydrogens is 224 g/mol. The molecule has 4 fully saturated rings. The highest BCUT2D eigenvalue weighted by Crippen LogP contribution is 2.59. The standard InChI is InChI=1S/C14H20N4/c15-12-6-11(17-14(16)18-12)13-9-2-7-1-8(4-9)5-10(13)3-7/h6-10,13H,1-5H2,(H4,15,16,17,18). The van der Waals surface area contributed by atoms with E-state index < -0.39 is 0 Å². The minimum Gasteiger partial charge on any atom is -0.384 e. The second-order valence-corrected chi connectivity index (χ2v) is 6.53. The maximum atomic E-state index is 5.82. The van der Waals surface area contributed by atoms with Gasteiger partial charge in [0, 0.05) is 12.0 Å². The number of nitrogens with two attached hydrogens (primary N) is 2. The Balaban J connectivity index is 1.72. The van der Waals surface area contributed by atoms with Crippen molar-refractivity contribution in [2.45, 2.75) is 38.0 Å². The highest BCUT2D eigenvalue weighted by Gasteiger charge is 2.49. The van der Waals surface area contributed by atoms with E-state index in [4.69, 9.17) is 11.5 Å². The summed E-state index contributed by atoms with van der Waals surface area (Å²) in [6.45, 7) is 0. The summed E-state index contributed by atoms with van der Waals surface area (Å²) in [5.41, 5.74) is 12.7. The third-order valence-electron chi connectivity index (χ3n) is 5.35. The van der Waals surface area contributed by atoms with Gasteiger partial charge < -0.3 is 11.5 Å². The smallest absolute Gasteiger partial charge is 0.222 e. The van der Waals surface area contributed by atoms with E-state index in [9.17, 15) is 0 Å². The van der Waals surface area contributed by atoms with E-state index in [1.54, 1.807) is 0 Å². The van der Waals surface area contributed by atoms with Gasteiger partial charge in [-0.15, -0.1) is 0 Å². The molecule has 4 N–H and O–H groups in total. The zero-order chi connectivity index (χ0) is 12.3. The lowest BCUT2D eigenvalue weighted by atomic mass is 9.51. The molecule has 0 atom stereocenters. The molecule has 4 bridgehead atoms.